The molecule has 0 aromatic heterocycles. The van der Waals surface area contributed by atoms with Gasteiger partial charge >= 0.3 is 10.1 Å². The molecule has 134 valence electrons. The van der Waals surface area contributed by atoms with Gasteiger partial charge in [0.1, 0.15) is 16.4 Å². The third-order valence-electron chi connectivity index (χ3n) is 3.45. The van der Waals surface area contributed by atoms with Crippen molar-refractivity contribution in [1.29, 1.82) is 0 Å². The minimum Gasteiger partial charge on any atom is -0.465 e. The monoisotopic (exact) mass is 362 g/mol. The summed E-state index contributed by atoms with van der Waals surface area (Å²) in [5.41, 5.74) is 1.73. The van der Waals surface area contributed by atoms with Crippen LogP contribution in [0.25, 0.3) is 6.08 Å². The fraction of sp³-hybridized carbons (Fsp3) is 0.263. The molecule has 0 spiro atoms. The van der Waals surface area contributed by atoms with Gasteiger partial charge in [-0.05, 0) is 50.6 Å². The predicted molar refractivity (Wildman–Crippen MR) is 97.2 cm³/mol. The van der Waals surface area contributed by atoms with Crippen LogP contribution in [-0.4, -0.2) is 21.3 Å². The molecule has 2 aliphatic heterocycles. The minimum absolute atomic E-state index is 0.221. The Labute approximate surface area is 149 Å². The number of aryl methyl sites for hydroxylation is 1. The smallest absolute Gasteiger partial charge is 0.339 e. The second-order valence-corrected chi connectivity index (χ2v) is 6.86. The largest absolute Gasteiger partial charge is 0.465 e. The van der Waals surface area contributed by atoms with E-state index in [1.54, 1.807) is 31.2 Å². The number of ether oxygens (including phenoxy) is 2. The highest BCUT2D eigenvalue weighted by molar-refractivity contribution is 7.87. The van der Waals surface area contributed by atoms with Crippen molar-refractivity contribution >= 4 is 16.2 Å². The van der Waals surface area contributed by atoms with Gasteiger partial charge in [-0.25, -0.2) is 0 Å². The number of benzene rings is 2. The summed E-state index contributed by atoms with van der Waals surface area (Å²) in [6.07, 6.45) is 1.55. The summed E-state index contributed by atoms with van der Waals surface area (Å²) in [5.74, 6) is 1.21. The second kappa shape index (κ2) is 8.18. The fourth-order valence-electron chi connectivity index (χ4n) is 2.33. The first-order valence-corrected chi connectivity index (χ1v) is 9.33. The molecule has 25 heavy (non-hydrogen) atoms. The lowest BCUT2D eigenvalue weighted by Gasteiger charge is -2.15. The van der Waals surface area contributed by atoms with Crippen molar-refractivity contribution in [2.45, 2.75) is 32.0 Å². The van der Waals surface area contributed by atoms with E-state index in [4.69, 9.17) is 9.47 Å². The summed E-state index contributed by atoms with van der Waals surface area (Å²) >= 11 is 0. The number of hydrogen-bond donors (Lipinski definition) is 0. The lowest BCUT2D eigenvalue weighted by atomic mass is 10.2. The van der Waals surface area contributed by atoms with Gasteiger partial charge in [-0.15, -0.1) is 0 Å². The van der Waals surface area contributed by atoms with Crippen LogP contribution in [0.15, 0.2) is 53.9 Å². The quantitative estimate of drug-likeness (QED) is 0.590. The first-order valence-electron chi connectivity index (χ1n) is 7.92. The maximum atomic E-state index is 11.1. The molecular weight excluding hydrogens is 340 g/mol. The van der Waals surface area contributed by atoms with Crippen molar-refractivity contribution in [3.05, 3.63) is 60.2 Å². The standard InChI is InChI=1S/C12H16O2.C7H6O3S/c1-4-11-8-6-7-9-12(11)14-10(3)13-5-2;1-5-4-6-2-3-7(5)11(8,9)10-6/h4,6-10H,1,5H2,2-3H3;2-4H,1H3. The van der Waals surface area contributed by atoms with E-state index in [0.717, 1.165) is 16.9 Å². The SMILES string of the molecule is C=Cc1ccccc1OC(C)OCC.Cc1cc2ccc1S(=O)(=O)O2. The Morgan fingerprint density at radius 1 is 1.24 bits per heavy atom. The Hall–Kier alpha value is -2.31. The Balaban J connectivity index is 0.000000185. The van der Waals surface area contributed by atoms with Gasteiger partial charge in [0, 0.05) is 12.2 Å². The van der Waals surface area contributed by atoms with Crippen LogP contribution in [0.5, 0.6) is 11.5 Å². The van der Waals surface area contributed by atoms with E-state index in [-0.39, 0.29) is 11.2 Å². The van der Waals surface area contributed by atoms with E-state index in [1.807, 2.05) is 38.1 Å². The first-order chi connectivity index (χ1) is 11.9. The zero-order valence-corrected chi connectivity index (χ0v) is 15.4. The Kier molecular flexibility index (Phi) is 6.22. The van der Waals surface area contributed by atoms with Gasteiger partial charge in [0.25, 0.3) is 0 Å². The van der Waals surface area contributed by atoms with Crippen LogP contribution in [0.1, 0.15) is 25.0 Å². The molecule has 2 heterocycles. The number of hydrogen-bond acceptors (Lipinski definition) is 5. The molecule has 0 amide bonds. The Bertz CT molecular complexity index is 843. The molecule has 2 aliphatic rings. The van der Waals surface area contributed by atoms with Crippen LogP contribution >= 0.6 is 0 Å². The summed E-state index contributed by atoms with van der Waals surface area (Å²) in [6.45, 7) is 9.95. The molecule has 0 aliphatic carbocycles. The summed E-state index contributed by atoms with van der Waals surface area (Å²) in [7, 11) is -3.45. The third-order valence-corrected chi connectivity index (χ3v) is 4.86. The van der Waals surface area contributed by atoms with Gasteiger partial charge in [-0.3, -0.25) is 0 Å². The molecule has 5 nitrogen and oxygen atoms in total. The highest BCUT2D eigenvalue weighted by atomic mass is 32.2. The van der Waals surface area contributed by atoms with E-state index < -0.39 is 10.1 Å². The molecule has 0 fully saturated rings. The highest BCUT2D eigenvalue weighted by Crippen LogP contribution is 2.29. The van der Waals surface area contributed by atoms with Crippen LogP contribution < -0.4 is 8.92 Å². The average Bonchev–Trinajstić information content (AvgIpc) is 2.55. The molecule has 2 aromatic rings. The molecule has 4 rings (SSSR count). The van der Waals surface area contributed by atoms with Gasteiger partial charge < -0.3 is 13.7 Å². The zero-order chi connectivity index (χ0) is 18.4. The maximum absolute atomic E-state index is 11.1. The maximum Gasteiger partial charge on any atom is 0.339 e. The van der Waals surface area contributed by atoms with Crippen LogP contribution in [0.2, 0.25) is 0 Å². The lowest BCUT2D eigenvalue weighted by molar-refractivity contribution is -0.0614. The van der Waals surface area contributed by atoms with Crippen molar-refractivity contribution in [1.82, 2.24) is 0 Å². The van der Waals surface area contributed by atoms with Crippen LogP contribution in [0.3, 0.4) is 0 Å². The lowest BCUT2D eigenvalue weighted by Crippen LogP contribution is -2.16. The van der Waals surface area contributed by atoms with E-state index in [0.29, 0.717) is 12.4 Å². The molecule has 0 saturated heterocycles. The molecular formula is C19H22O5S. The zero-order valence-electron chi connectivity index (χ0n) is 14.6. The molecule has 2 bridgehead atoms. The third kappa shape index (κ3) is 4.84. The summed E-state index contributed by atoms with van der Waals surface area (Å²) in [4.78, 5) is 0.271. The van der Waals surface area contributed by atoms with Gasteiger partial charge in [-0.1, -0.05) is 30.9 Å². The van der Waals surface area contributed by atoms with Crippen molar-refractivity contribution in [2.24, 2.45) is 0 Å². The summed E-state index contributed by atoms with van der Waals surface area (Å²) in [6, 6.07) is 12.7. The van der Waals surface area contributed by atoms with Crippen LogP contribution in [0, 0.1) is 6.92 Å². The van der Waals surface area contributed by atoms with Crippen molar-refractivity contribution in [3.8, 4) is 11.5 Å². The fourth-order valence-corrected chi connectivity index (χ4v) is 3.46. The second-order valence-electron chi connectivity index (χ2n) is 5.35. The van der Waals surface area contributed by atoms with Gasteiger partial charge in [-0.2, -0.15) is 8.42 Å². The molecule has 2 aromatic carbocycles. The summed E-state index contributed by atoms with van der Waals surface area (Å²) < 4.78 is 37.7. The molecule has 1 unspecified atom stereocenters. The van der Waals surface area contributed by atoms with E-state index >= 15 is 0 Å². The number of para-hydroxylation sites is 1. The van der Waals surface area contributed by atoms with E-state index in [2.05, 4.69) is 10.8 Å². The van der Waals surface area contributed by atoms with Crippen molar-refractivity contribution in [3.63, 3.8) is 0 Å². The molecule has 1 atom stereocenters. The minimum atomic E-state index is -3.45. The predicted octanol–water partition coefficient (Wildman–Crippen LogP) is 4.17. The van der Waals surface area contributed by atoms with Crippen LogP contribution in [-0.2, 0) is 14.9 Å². The topological polar surface area (TPSA) is 61.8 Å². The highest BCUT2D eigenvalue weighted by Gasteiger charge is 2.24. The van der Waals surface area contributed by atoms with Crippen LogP contribution in [0.4, 0.5) is 0 Å². The van der Waals surface area contributed by atoms with Gasteiger partial charge in [0.15, 0.2) is 6.29 Å². The Morgan fingerprint density at radius 2 is 1.96 bits per heavy atom. The molecule has 0 radical (unpaired) electrons. The molecule has 0 saturated carbocycles. The normalized spacial score (nSPS) is 14.7. The summed E-state index contributed by atoms with van der Waals surface area (Å²) in [5, 5.41) is 0. The van der Waals surface area contributed by atoms with Crippen molar-refractivity contribution < 1.29 is 22.1 Å². The first kappa shape index (κ1) is 19.0. The number of rotatable bonds is 5. The van der Waals surface area contributed by atoms with Crippen molar-refractivity contribution in [2.75, 3.05) is 6.61 Å². The van der Waals surface area contributed by atoms with Gasteiger partial charge in [0.2, 0.25) is 0 Å². The molecule has 6 heteroatoms. The average molecular weight is 362 g/mol. The van der Waals surface area contributed by atoms with E-state index in [1.165, 1.54) is 0 Å². The number of fused-ring (bicyclic) bond motifs is 3. The Morgan fingerprint density at radius 3 is 2.48 bits per heavy atom. The molecule has 0 N–H and O–H groups in total. The van der Waals surface area contributed by atoms with Gasteiger partial charge in [0.05, 0.1) is 0 Å². The van der Waals surface area contributed by atoms with E-state index in [9.17, 15) is 8.42 Å².